The predicted molar refractivity (Wildman–Crippen MR) is 116 cm³/mol. The first kappa shape index (κ1) is 20.5. The quantitative estimate of drug-likeness (QED) is 0.544. The Balaban J connectivity index is 1.65. The molecule has 0 saturated carbocycles. The first-order chi connectivity index (χ1) is 14.6. The van der Waals surface area contributed by atoms with E-state index in [1.165, 1.54) is 18.2 Å². The number of nitrogens with zero attached hydrogens (tertiary/aromatic N) is 4. The van der Waals surface area contributed by atoms with Crippen molar-refractivity contribution < 1.29 is 13.9 Å². The van der Waals surface area contributed by atoms with Crippen LogP contribution in [0.2, 0.25) is 0 Å². The number of furan rings is 1. The van der Waals surface area contributed by atoms with Gasteiger partial charge in [0.2, 0.25) is 11.7 Å². The third-order valence-corrected chi connectivity index (χ3v) is 6.42. The summed E-state index contributed by atoms with van der Waals surface area (Å²) in [4.78, 5) is 15.0. The summed E-state index contributed by atoms with van der Waals surface area (Å²) < 4.78 is 13.0. The standard InChI is InChI=1S/C22H26N4O3S/c1-15-8-6-9-16(2)25(15)20(27)14-30-22-24-23-21(19-12-7-13-29-19)26(22)17-10-4-5-11-18(17)28-3/h4-5,7,10-13,15-16H,6,8-9,14H2,1-3H3/t15-,16-/m0/s1. The smallest absolute Gasteiger partial charge is 0.233 e. The number of hydrogen-bond acceptors (Lipinski definition) is 6. The highest BCUT2D eigenvalue weighted by molar-refractivity contribution is 7.99. The number of carbonyl (C=O) groups excluding carboxylic acids is 1. The maximum Gasteiger partial charge on any atom is 0.233 e. The first-order valence-corrected chi connectivity index (χ1v) is 11.2. The van der Waals surface area contributed by atoms with E-state index >= 15 is 0 Å². The number of ether oxygens (including phenoxy) is 1. The van der Waals surface area contributed by atoms with Gasteiger partial charge in [-0.2, -0.15) is 0 Å². The number of methoxy groups -OCH3 is 1. The largest absolute Gasteiger partial charge is 0.495 e. The molecule has 2 aromatic heterocycles. The molecular weight excluding hydrogens is 400 g/mol. The summed E-state index contributed by atoms with van der Waals surface area (Å²) in [5, 5.41) is 9.34. The van der Waals surface area contributed by atoms with Crippen LogP contribution in [-0.4, -0.2) is 50.5 Å². The molecule has 0 spiro atoms. The minimum absolute atomic E-state index is 0.133. The lowest BCUT2D eigenvalue weighted by molar-refractivity contribution is -0.134. The molecule has 3 heterocycles. The van der Waals surface area contributed by atoms with Gasteiger partial charge in [0, 0.05) is 12.1 Å². The number of para-hydroxylation sites is 2. The second-order valence-corrected chi connectivity index (χ2v) is 8.45. The average Bonchev–Trinajstić information content (AvgIpc) is 3.41. The van der Waals surface area contributed by atoms with Crippen LogP contribution in [0.5, 0.6) is 5.75 Å². The van der Waals surface area contributed by atoms with Crippen molar-refractivity contribution >= 4 is 17.7 Å². The summed E-state index contributed by atoms with van der Waals surface area (Å²) in [6, 6.07) is 11.9. The lowest BCUT2D eigenvalue weighted by atomic mass is 9.98. The van der Waals surface area contributed by atoms with Crippen molar-refractivity contribution in [1.82, 2.24) is 19.7 Å². The monoisotopic (exact) mass is 426 g/mol. The Hall–Kier alpha value is -2.74. The van der Waals surface area contributed by atoms with E-state index in [1.54, 1.807) is 13.4 Å². The summed E-state index contributed by atoms with van der Waals surface area (Å²) in [5.41, 5.74) is 0.797. The molecule has 0 radical (unpaired) electrons. The van der Waals surface area contributed by atoms with Gasteiger partial charge in [0.15, 0.2) is 10.9 Å². The molecule has 0 aliphatic carbocycles. The van der Waals surface area contributed by atoms with E-state index in [4.69, 9.17) is 9.15 Å². The summed E-state index contributed by atoms with van der Waals surface area (Å²) >= 11 is 1.39. The minimum atomic E-state index is 0.133. The van der Waals surface area contributed by atoms with Crippen LogP contribution in [0.25, 0.3) is 17.3 Å². The summed E-state index contributed by atoms with van der Waals surface area (Å²) in [6.07, 6.45) is 4.89. The highest BCUT2D eigenvalue weighted by atomic mass is 32.2. The van der Waals surface area contributed by atoms with Gasteiger partial charge in [-0.3, -0.25) is 9.36 Å². The van der Waals surface area contributed by atoms with E-state index in [0.29, 0.717) is 28.2 Å². The van der Waals surface area contributed by atoms with Crippen LogP contribution >= 0.6 is 11.8 Å². The third kappa shape index (κ3) is 3.96. The van der Waals surface area contributed by atoms with Gasteiger partial charge < -0.3 is 14.1 Å². The molecule has 1 fully saturated rings. The van der Waals surface area contributed by atoms with Gasteiger partial charge in [0.05, 0.1) is 24.8 Å². The van der Waals surface area contributed by atoms with Gasteiger partial charge in [-0.15, -0.1) is 10.2 Å². The van der Waals surface area contributed by atoms with E-state index in [2.05, 4.69) is 24.0 Å². The van der Waals surface area contributed by atoms with Crippen molar-refractivity contribution in [3.8, 4) is 23.0 Å². The third-order valence-electron chi connectivity index (χ3n) is 5.51. The van der Waals surface area contributed by atoms with Gasteiger partial charge >= 0.3 is 0 Å². The topological polar surface area (TPSA) is 73.4 Å². The average molecular weight is 427 g/mol. The Kier molecular flexibility index (Phi) is 6.13. The van der Waals surface area contributed by atoms with Crippen molar-refractivity contribution in [2.75, 3.05) is 12.9 Å². The molecule has 8 heteroatoms. The van der Waals surface area contributed by atoms with Crippen LogP contribution in [0.1, 0.15) is 33.1 Å². The van der Waals surface area contributed by atoms with Gasteiger partial charge in [-0.25, -0.2) is 0 Å². The molecular formula is C22H26N4O3S. The number of benzene rings is 1. The van der Waals surface area contributed by atoms with Crippen LogP contribution in [0, 0.1) is 0 Å². The second kappa shape index (κ2) is 8.95. The molecule has 1 amide bonds. The maximum atomic E-state index is 13.0. The van der Waals surface area contributed by atoms with Crippen molar-refractivity contribution in [3.63, 3.8) is 0 Å². The predicted octanol–water partition coefficient (Wildman–Crippen LogP) is 4.42. The highest BCUT2D eigenvalue weighted by Gasteiger charge is 2.29. The maximum absolute atomic E-state index is 13.0. The number of piperidine rings is 1. The molecule has 1 saturated heterocycles. The van der Waals surface area contributed by atoms with Crippen LogP contribution in [0.3, 0.4) is 0 Å². The van der Waals surface area contributed by atoms with Crippen molar-refractivity contribution in [3.05, 3.63) is 42.7 Å². The molecule has 7 nitrogen and oxygen atoms in total. The van der Waals surface area contributed by atoms with Crippen molar-refractivity contribution in [2.45, 2.75) is 50.4 Å². The van der Waals surface area contributed by atoms with Crippen LogP contribution in [-0.2, 0) is 4.79 Å². The Morgan fingerprint density at radius 2 is 1.93 bits per heavy atom. The number of rotatable bonds is 6. The van der Waals surface area contributed by atoms with E-state index in [-0.39, 0.29) is 18.0 Å². The zero-order valence-corrected chi connectivity index (χ0v) is 18.3. The van der Waals surface area contributed by atoms with Crippen LogP contribution in [0.15, 0.2) is 52.2 Å². The van der Waals surface area contributed by atoms with Crippen molar-refractivity contribution in [2.24, 2.45) is 0 Å². The Labute approximate surface area is 180 Å². The fourth-order valence-electron chi connectivity index (χ4n) is 4.07. The number of carbonyl (C=O) groups is 1. The zero-order chi connectivity index (χ0) is 21.1. The normalized spacial score (nSPS) is 19.1. The summed E-state index contributed by atoms with van der Waals surface area (Å²) in [5.74, 6) is 2.30. The van der Waals surface area contributed by atoms with E-state index in [9.17, 15) is 4.79 Å². The van der Waals surface area contributed by atoms with Gasteiger partial charge in [0.1, 0.15) is 5.75 Å². The van der Waals surface area contributed by atoms with E-state index in [0.717, 1.165) is 18.5 Å². The number of thioether (sulfide) groups is 1. The van der Waals surface area contributed by atoms with Crippen LogP contribution < -0.4 is 4.74 Å². The molecule has 158 valence electrons. The lowest BCUT2D eigenvalue weighted by Gasteiger charge is -2.39. The molecule has 1 aliphatic heterocycles. The number of hydrogen-bond donors (Lipinski definition) is 0. The number of amides is 1. The van der Waals surface area contributed by atoms with E-state index < -0.39 is 0 Å². The van der Waals surface area contributed by atoms with E-state index in [1.807, 2.05) is 45.9 Å². The first-order valence-electron chi connectivity index (χ1n) is 10.2. The Bertz CT molecular complexity index is 992. The van der Waals surface area contributed by atoms with Gasteiger partial charge in [0.25, 0.3) is 0 Å². The fraction of sp³-hybridized carbons (Fsp3) is 0.409. The van der Waals surface area contributed by atoms with Crippen molar-refractivity contribution in [1.29, 1.82) is 0 Å². The molecule has 1 aromatic carbocycles. The van der Waals surface area contributed by atoms with Gasteiger partial charge in [-0.05, 0) is 57.4 Å². The summed E-state index contributed by atoms with van der Waals surface area (Å²) in [6.45, 7) is 4.26. The molecule has 3 aromatic rings. The van der Waals surface area contributed by atoms with Gasteiger partial charge in [-0.1, -0.05) is 23.9 Å². The summed E-state index contributed by atoms with van der Waals surface area (Å²) in [7, 11) is 1.63. The second-order valence-electron chi connectivity index (χ2n) is 7.51. The lowest BCUT2D eigenvalue weighted by Crippen LogP contribution is -2.48. The SMILES string of the molecule is COc1ccccc1-n1c(SCC(=O)N2[C@@H](C)CCC[C@@H]2C)nnc1-c1ccco1. The molecule has 1 aliphatic rings. The Morgan fingerprint density at radius 3 is 2.63 bits per heavy atom. The zero-order valence-electron chi connectivity index (χ0n) is 17.4. The molecule has 0 bridgehead atoms. The fourth-order valence-corrected chi connectivity index (χ4v) is 4.89. The molecule has 30 heavy (non-hydrogen) atoms. The minimum Gasteiger partial charge on any atom is -0.495 e. The Morgan fingerprint density at radius 1 is 1.17 bits per heavy atom. The molecule has 0 N–H and O–H groups in total. The number of aromatic nitrogens is 3. The van der Waals surface area contributed by atoms with Crippen LogP contribution in [0.4, 0.5) is 0 Å². The molecule has 4 rings (SSSR count). The number of likely N-dealkylation sites (tertiary alicyclic amines) is 1. The highest BCUT2D eigenvalue weighted by Crippen LogP contribution is 2.33. The molecule has 0 unspecified atom stereocenters. The molecule has 2 atom stereocenters.